The van der Waals surface area contributed by atoms with Gasteiger partial charge in [0.15, 0.2) is 0 Å². The normalized spacial score (nSPS) is 50.3. The topological polar surface area (TPSA) is 20.2 Å². The Balaban J connectivity index is 1.71. The lowest BCUT2D eigenvalue weighted by atomic mass is 9.48. The third kappa shape index (κ3) is 1.81. The van der Waals surface area contributed by atoms with Crippen LogP contribution in [0.2, 0.25) is 0 Å². The zero-order valence-electron chi connectivity index (χ0n) is 14.1. The Hall–Kier alpha value is -0.820. The van der Waals surface area contributed by atoms with Crippen LogP contribution in [0, 0.1) is 28.6 Å². The number of hydrogen-bond donors (Lipinski definition) is 1. The smallest absolute Gasteiger partial charge is 0.0596 e. The average Bonchev–Trinajstić information content (AvgIpc) is 2.82. The number of aliphatic hydroxyl groups is 1. The average molecular weight is 298 g/mol. The molecule has 6 atom stereocenters. The van der Waals surface area contributed by atoms with Gasteiger partial charge in [0.25, 0.3) is 0 Å². The molecule has 0 aliphatic heterocycles. The molecule has 0 amide bonds. The maximum Gasteiger partial charge on any atom is 0.0596 e. The van der Waals surface area contributed by atoms with Crippen molar-refractivity contribution in [1.82, 2.24) is 0 Å². The van der Waals surface area contributed by atoms with E-state index in [4.69, 9.17) is 0 Å². The molecular weight excluding hydrogens is 268 g/mol. The highest BCUT2D eigenvalue weighted by Crippen LogP contribution is 2.64. The molecule has 22 heavy (non-hydrogen) atoms. The molecule has 4 aliphatic rings. The van der Waals surface area contributed by atoms with Gasteiger partial charge in [-0.05, 0) is 84.7 Å². The Bertz CT molecular complexity index is 556. The maximum absolute atomic E-state index is 10.5. The molecular formula is C21H30O. The summed E-state index contributed by atoms with van der Waals surface area (Å²) in [7, 11) is 0. The van der Waals surface area contributed by atoms with Crippen LogP contribution in [0.5, 0.6) is 0 Å². The Morgan fingerprint density at radius 3 is 2.77 bits per heavy atom. The fourth-order valence-corrected chi connectivity index (χ4v) is 6.48. The lowest BCUT2D eigenvalue weighted by Crippen LogP contribution is -2.50. The van der Waals surface area contributed by atoms with Gasteiger partial charge in [-0.25, -0.2) is 0 Å². The van der Waals surface area contributed by atoms with Crippen molar-refractivity contribution < 1.29 is 5.11 Å². The van der Waals surface area contributed by atoms with Gasteiger partial charge in [-0.2, -0.15) is 0 Å². The van der Waals surface area contributed by atoms with E-state index in [9.17, 15) is 5.11 Å². The minimum atomic E-state index is -0.0600. The zero-order valence-corrected chi connectivity index (χ0v) is 14.1. The molecule has 4 rings (SSSR count). The van der Waals surface area contributed by atoms with Crippen LogP contribution >= 0.6 is 0 Å². The summed E-state index contributed by atoms with van der Waals surface area (Å²) < 4.78 is 0. The number of allylic oxidation sites excluding steroid dienone is 5. The van der Waals surface area contributed by atoms with Gasteiger partial charge in [0.1, 0.15) is 0 Å². The van der Waals surface area contributed by atoms with E-state index in [2.05, 4.69) is 32.6 Å². The van der Waals surface area contributed by atoms with Crippen LogP contribution < -0.4 is 0 Å². The van der Waals surface area contributed by atoms with Gasteiger partial charge >= 0.3 is 0 Å². The first-order valence-electron chi connectivity index (χ1n) is 9.21. The van der Waals surface area contributed by atoms with Crippen molar-refractivity contribution in [1.29, 1.82) is 0 Å². The number of fused-ring (bicyclic) bond motifs is 5. The summed E-state index contributed by atoms with van der Waals surface area (Å²) in [5.74, 6) is 2.35. The van der Waals surface area contributed by atoms with E-state index in [0.717, 1.165) is 24.2 Å². The van der Waals surface area contributed by atoms with Gasteiger partial charge in [0.2, 0.25) is 0 Å². The van der Waals surface area contributed by atoms with Crippen LogP contribution in [0.1, 0.15) is 58.8 Å². The predicted molar refractivity (Wildman–Crippen MR) is 91.4 cm³/mol. The highest BCUT2D eigenvalue weighted by atomic mass is 16.3. The summed E-state index contributed by atoms with van der Waals surface area (Å²) in [4.78, 5) is 0. The van der Waals surface area contributed by atoms with Crippen LogP contribution in [-0.4, -0.2) is 11.2 Å². The second-order valence-electron chi connectivity index (χ2n) is 8.75. The molecule has 2 fully saturated rings. The molecule has 0 unspecified atom stereocenters. The number of aliphatic hydroxyl groups excluding tert-OH is 1. The third-order valence-electron chi connectivity index (χ3n) is 8.01. The highest BCUT2D eigenvalue weighted by Gasteiger charge is 2.57. The molecule has 0 aromatic heterocycles. The van der Waals surface area contributed by atoms with E-state index in [1.807, 2.05) is 6.08 Å². The monoisotopic (exact) mass is 298 g/mol. The quantitative estimate of drug-likeness (QED) is 0.719. The molecule has 0 spiro atoms. The van der Waals surface area contributed by atoms with E-state index in [1.165, 1.54) is 44.1 Å². The van der Waals surface area contributed by atoms with Crippen LogP contribution in [0.3, 0.4) is 0 Å². The first kappa shape index (κ1) is 14.8. The molecule has 0 saturated heterocycles. The summed E-state index contributed by atoms with van der Waals surface area (Å²) in [5, 5.41) is 10.5. The van der Waals surface area contributed by atoms with Crippen LogP contribution in [0.15, 0.2) is 36.0 Å². The Morgan fingerprint density at radius 2 is 2.00 bits per heavy atom. The molecule has 0 heterocycles. The van der Waals surface area contributed by atoms with E-state index >= 15 is 0 Å². The Kier molecular flexibility index (Phi) is 3.24. The summed E-state index contributed by atoms with van der Waals surface area (Å²) in [6.07, 6.45) is 15.4. The van der Waals surface area contributed by atoms with Gasteiger partial charge in [-0.3, -0.25) is 0 Å². The first-order chi connectivity index (χ1) is 10.5. The lowest BCUT2D eigenvalue weighted by molar-refractivity contribution is -0.0625. The first-order valence-corrected chi connectivity index (χ1v) is 9.21. The molecule has 1 nitrogen and oxygen atoms in total. The van der Waals surface area contributed by atoms with Crippen molar-refractivity contribution in [3.05, 3.63) is 36.0 Å². The van der Waals surface area contributed by atoms with Gasteiger partial charge < -0.3 is 5.11 Å². The molecule has 0 aromatic rings. The molecule has 0 aromatic carbocycles. The molecule has 1 N–H and O–H groups in total. The SMILES string of the molecule is C=CC1=CC2=CC[C@H]3[C@@H]4CC[C@H](O)[C@@]4(C)CC[C@@H]3[C@@]2(C)CC1. The van der Waals surface area contributed by atoms with Gasteiger partial charge in [0, 0.05) is 0 Å². The minimum Gasteiger partial charge on any atom is -0.393 e. The van der Waals surface area contributed by atoms with Crippen molar-refractivity contribution in [2.24, 2.45) is 28.6 Å². The van der Waals surface area contributed by atoms with Crippen LogP contribution in [0.25, 0.3) is 0 Å². The van der Waals surface area contributed by atoms with E-state index in [1.54, 1.807) is 5.57 Å². The fourth-order valence-electron chi connectivity index (χ4n) is 6.48. The molecule has 0 bridgehead atoms. The van der Waals surface area contributed by atoms with Gasteiger partial charge in [-0.1, -0.05) is 38.7 Å². The molecule has 120 valence electrons. The van der Waals surface area contributed by atoms with E-state index in [0.29, 0.717) is 5.41 Å². The van der Waals surface area contributed by atoms with Crippen LogP contribution in [-0.2, 0) is 0 Å². The number of rotatable bonds is 1. The predicted octanol–water partition coefficient (Wildman–Crippen LogP) is 5.03. The van der Waals surface area contributed by atoms with E-state index in [-0.39, 0.29) is 11.5 Å². The summed E-state index contributed by atoms with van der Waals surface area (Å²) in [6, 6.07) is 0. The standard InChI is InChI=1S/C21H30O/c1-4-14-9-11-20(2)15(13-14)5-6-16-17-7-8-19(22)21(17,3)12-10-18(16)20/h4-5,13,16-19,22H,1,6-12H2,2-3H3/t16-,17-,18-,19-,20-,21-/m0/s1. The highest BCUT2D eigenvalue weighted by molar-refractivity contribution is 5.40. The van der Waals surface area contributed by atoms with Gasteiger partial charge in [-0.15, -0.1) is 0 Å². The third-order valence-corrected chi connectivity index (χ3v) is 8.01. The lowest BCUT2D eigenvalue weighted by Gasteiger charge is -2.56. The van der Waals surface area contributed by atoms with Crippen LogP contribution in [0.4, 0.5) is 0 Å². The van der Waals surface area contributed by atoms with Crippen molar-refractivity contribution in [2.45, 2.75) is 64.9 Å². The van der Waals surface area contributed by atoms with Crippen molar-refractivity contribution >= 4 is 0 Å². The Labute approximate surface area is 135 Å². The van der Waals surface area contributed by atoms with Gasteiger partial charge in [0.05, 0.1) is 6.10 Å². The second kappa shape index (κ2) is 4.84. The molecule has 2 saturated carbocycles. The molecule has 4 aliphatic carbocycles. The summed E-state index contributed by atoms with van der Waals surface area (Å²) >= 11 is 0. The maximum atomic E-state index is 10.5. The largest absolute Gasteiger partial charge is 0.393 e. The zero-order chi connectivity index (χ0) is 15.5. The molecule has 0 radical (unpaired) electrons. The fraction of sp³-hybridized carbons (Fsp3) is 0.714. The molecule has 1 heteroatoms. The number of hydrogen-bond acceptors (Lipinski definition) is 1. The van der Waals surface area contributed by atoms with E-state index < -0.39 is 0 Å². The Morgan fingerprint density at radius 1 is 1.18 bits per heavy atom. The summed E-state index contributed by atoms with van der Waals surface area (Å²) in [5.41, 5.74) is 3.56. The van der Waals surface area contributed by atoms with Crippen molar-refractivity contribution in [2.75, 3.05) is 0 Å². The second-order valence-corrected chi connectivity index (χ2v) is 8.75. The minimum absolute atomic E-state index is 0.0600. The van der Waals surface area contributed by atoms with Crippen molar-refractivity contribution in [3.63, 3.8) is 0 Å². The summed E-state index contributed by atoms with van der Waals surface area (Å²) in [6.45, 7) is 8.84. The van der Waals surface area contributed by atoms with Crippen molar-refractivity contribution in [3.8, 4) is 0 Å².